The summed E-state index contributed by atoms with van der Waals surface area (Å²) < 4.78 is 6.35. The molecule has 3 fully saturated rings. The van der Waals surface area contributed by atoms with Gasteiger partial charge in [-0.25, -0.2) is 0 Å². The van der Waals surface area contributed by atoms with Gasteiger partial charge in [0.1, 0.15) is 0 Å². The lowest BCUT2D eigenvalue weighted by molar-refractivity contribution is -0.167. The Balaban J connectivity index is 1.78. The molecule has 0 aromatic heterocycles. The molecular weight excluding hydrogens is 220 g/mol. The van der Waals surface area contributed by atoms with E-state index in [0.29, 0.717) is 6.10 Å². The summed E-state index contributed by atoms with van der Waals surface area (Å²) in [5.74, 6) is 6.14. The minimum Gasteiger partial charge on any atom is -0.377 e. The van der Waals surface area contributed by atoms with Crippen LogP contribution in [0, 0.1) is 41.4 Å². The van der Waals surface area contributed by atoms with E-state index in [1.54, 1.807) is 0 Å². The fourth-order valence-corrected chi connectivity index (χ4v) is 5.10. The van der Waals surface area contributed by atoms with E-state index in [4.69, 9.17) is 4.74 Å². The zero-order chi connectivity index (χ0) is 12.9. The van der Waals surface area contributed by atoms with Gasteiger partial charge in [-0.2, -0.15) is 0 Å². The second-order valence-electron chi connectivity index (χ2n) is 7.62. The first-order valence-corrected chi connectivity index (χ1v) is 8.21. The molecule has 1 heterocycles. The Hall–Kier alpha value is -0.0400. The van der Waals surface area contributed by atoms with Crippen LogP contribution in [0.5, 0.6) is 0 Å². The van der Waals surface area contributed by atoms with E-state index in [-0.39, 0.29) is 0 Å². The SMILES string of the molecule is CC1CCC2C(COC3C(C)C(C)CCC23)C1C. The minimum absolute atomic E-state index is 0.579. The van der Waals surface area contributed by atoms with Crippen molar-refractivity contribution in [3.63, 3.8) is 0 Å². The Labute approximate surface area is 113 Å². The molecule has 1 saturated heterocycles. The molecule has 0 N–H and O–H groups in total. The second-order valence-corrected chi connectivity index (χ2v) is 7.62. The van der Waals surface area contributed by atoms with E-state index in [9.17, 15) is 0 Å². The van der Waals surface area contributed by atoms with Crippen LogP contribution in [0.25, 0.3) is 0 Å². The standard InChI is InChI=1S/C17H30O/c1-10-5-7-14-15-8-6-11(2)13(4)17(15)18-9-16(14)12(10)3/h10-17H,5-9H2,1-4H3. The predicted octanol–water partition coefficient (Wildman–Crippen LogP) is 4.37. The molecule has 0 amide bonds. The number of hydrogen-bond acceptors (Lipinski definition) is 1. The Morgan fingerprint density at radius 1 is 0.667 bits per heavy atom. The van der Waals surface area contributed by atoms with E-state index < -0.39 is 0 Å². The summed E-state index contributed by atoms with van der Waals surface area (Å²) in [4.78, 5) is 0. The van der Waals surface area contributed by atoms with E-state index in [2.05, 4.69) is 27.7 Å². The van der Waals surface area contributed by atoms with E-state index in [1.165, 1.54) is 25.7 Å². The van der Waals surface area contributed by atoms with Gasteiger partial charge in [0.15, 0.2) is 0 Å². The molecule has 18 heavy (non-hydrogen) atoms. The molecule has 1 nitrogen and oxygen atoms in total. The number of rotatable bonds is 0. The zero-order valence-corrected chi connectivity index (χ0v) is 12.6. The fraction of sp³-hybridized carbons (Fsp3) is 1.00. The normalized spacial score (nSPS) is 56.7. The van der Waals surface area contributed by atoms with Gasteiger partial charge in [-0.3, -0.25) is 0 Å². The van der Waals surface area contributed by atoms with Crippen molar-refractivity contribution in [3.05, 3.63) is 0 Å². The smallest absolute Gasteiger partial charge is 0.0634 e. The van der Waals surface area contributed by atoms with Crippen molar-refractivity contribution in [2.75, 3.05) is 6.61 Å². The first-order chi connectivity index (χ1) is 8.59. The third-order valence-corrected chi connectivity index (χ3v) is 6.90. The van der Waals surface area contributed by atoms with Crippen LogP contribution in [0.2, 0.25) is 0 Å². The van der Waals surface area contributed by atoms with Gasteiger partial charge in [0.2, 0.25) is 0 Å². The minimum atomic E-state index is 0.579. The van der Waals surface area contributed by atoms with Gasteiger partial charge in [-0.15, -0.1) is 0 Å². The van der Waals surface area contributed by atoms with Gasteiger partial charge in [0.05, 0.1) is 12.7 Å². The van der Waals surface area contributed by atoms with Crippen molar-refractivity contribution >= 4 is 0 Å². The zero-order valence-electron chi connectivity index (χ0n) is 12.6. The van der Waals surface area contributed by atoms with Crippen molar-refractivity contribution in [2.24, 2.45) is 41.4 Å². The largest absolute Gasteiger partial charge is 0.377 e. The number of ether oxygens (including phenoxy) is 1. The lowest BCUT2D eigenvalue weighted by Crippen LogP contribution is -2.52. The summed E-state index contributed by atoms with van der Waals surface area (Å²) in [6.45, 7) is 10.8. The van der Waals surface area contributed by atoms with Crippen LogP contribution in [-0.2, 0) is 4.74 Å². The van der Waals surface area contributed by atoms with E-state index in [1.807, 2.05) is 0 Å². The molecule has 1 aliphatic heterocycles. The average molecular weight is 250 g/mol. The van der Waals surface area contributed by atoms with Gasteiger partial charge in [-0.05, 0) is 60.7 Å². The molecule has 8 atom stereocenters. The first-order valence-electron chi connectivity index (χ1n) is 8.21. The molecule has 2 saturated carbocycles. The molecule has 0 aromatic carbocycles. The van der Waals surface area contributed by atoms with Crippen LogP contribution in [0.15, 0.2) is 0 Å². The molecule has 104 valence electrons. The van der Waals surface area contributed by atoms with E-state index in [0.717, 1.165) is 48.0 Å². The highest BCUT2D eigenvalue weighted by Crippen LogP contribution is 2.51. The summed E-state index contributed by atoms with van der Waals surface area (Å²) in [5.41, 5.74) is 0. The maximum absolute atomic E-state index is 6.35. The third-order valence-electron chi connectivity index (χ3n) is 6.90. The van der Waals surface area contributed by atoms with Crippen LogP contribution >= 0.6 is 0 Å². The monoisotopic (exact) mass is 250 g/mol. The molecule has 3 aliphatic rings. The number of fused-ring (bicyclic) bond motifs is 3. The highest BCUT2D eigenvalue weighted by Gasteiger charge is 2.48. The predicted molar refractivity (Wildman–Crippen MR) is 75.3 cm³/mol. The Bertz CT molecular complexity index is 270. The summed E-state index contributed by atoms with van der Waals surface area (Å²) in [6, 6.07) is 0. The molecular formula is C17H30O. The first kappa shape index (κ1) is 13.0. The molecule has 8 unspecified atom stereocenters. The molecule has 0 spiro atoms. The molecule has 0 aromatic rings. The van der Waals surface area contributed by atoms with Crippen molar-refractivity contribution in [1.82, 2.24) is 0 Å². The summed E-state index contributed by atoms with van der Waals surface area (Å²) in [6.07, 6.45) is 6.37. The maximum Gasteiger partial charge on any atom is 0.0634 e. The highest BCUT2D eigenvalue weighted by molar-refractivity contribution is 4.97. The van der Waals surface area contributed by atoms with Crippen LogP contribution < -0.4 is 0 Å². The van der Waals surface area contributed by atoms with Crippen LogP contribution in [0.4, 0.5) is 0 Å². The summed E-state index contributed by atoms with van der Waals surface area (Å²) in [7, 11) is 0. The van der Waals surface area contributed by atoms with Crippen molar-refractivity contribution < 1.29 is 4.74 Å². The average Bonchev–Trinajstić information content (AvgIpc) is 2.38. The van der Waals surface area contributed by atoms with Crippen molar-refractivity contribution in [2.45, 2.75) is 59.5 Å². The second kappa shape index (κ2) is 4.81. The van der Waals surface area contributed by atoms with Gasteiger partial charge in [-0.1, -0.05) is 34.1 Å². The van der Waals surface area contributed by atoms with Gasteiger partial charge < -0.3 is 4.74 Å². The van der Waals surface area contributed by atoms with Crippen LogP contribution in [0.3, 0.4) is 0 Å². The van der Waals surface area contributed by atoms with Crippen molar-refractivity contribution in [1.29, 1.82) is 0 Å². The quantitative estimate of drug-likeness (QED) is 0.620. The Morgan fingerprint density at radius 3 is 2.00 bits per heavy atom. The molecule has 0 bridgehead atoms. The van der Waals surface area contributed by atoms with Crippen molar-refractivity contribution in [3.8, 4) is 0 Å². The Kier molecular flexibility index (Phi) is 3.47. The number of hydrogen-bond donors (Lipinski definition) is 0. The molecule has 3 rings (SSSR count). The lowest BCUT2D eigenvalue weighted by atomic mass is 9.57. The summed E-state index contributed by atoms with van der Waals surface area (Å²) >= 11 is 0. The summed E-state index contributed by atoms with van der Waals surface area (Å²) in [5, 5.41) is 0. The molecule has 2 aliphatic carbocycles. The topological polar surface area (TPSA) is 9.23 Å². The highest BCUT2D eigenvalue weighted by atomic mass is 16.5. The van der Waals surface area contributed by atoms with Gasteiger partial charge in [0, 0.05) is 0 Å². The molecule has 0 radical (unpaired) electrons. The van der Waals surface area contributed by atoms with Gasteiger partial charge in [0.25, 0.3) is 0 Å². The maximum atomic E-state index is 6.35. The van der Waals surface area contributed by atoms with Gasteiger partial charge >= 0.3 is 0 Å². The third kappa shape index (κ3) is 1.94. The Morgan fingerprint density at radius 2 is 1.28 bits per heavy atom. The van der Waals surface area contributed by atoms with Crippen LogP contribution in [0.1, 0.15) is 53.4 Å². The lowest BCUT2D eigenvalue weighted by Gasteiger charge is -2.54. The van der Waals surface area contributed by atoms with E-state index >= 15 is 0 Å². The molecule has 1 heteroatoms. The fourth-order valence-electron chi connectivity index (χ4n) is 5.10. The van der Waals surface area contributed by atoms with Crippen LogP contribution in [-0.4, -0.2) is 12.7 Å².